The molecule has 1 amide bonds. The van der Waals surface area contributed by atoms with Crippen molar-refractivity contribution in [2.45, 2.75) is 32.1 Å². The zero-order valence-electron chi connectivity index (χ0n) is 20.1. The van der Waals surface area contributed by atoms with E-state index in [1.54, 1.807) is 26.4 Å². The Hall–Kier alpha value is -3.87. The summed E-state index contributed by atoms with van der Waals surface area (Å²) in [5.74, 6) is 1.29. The van der Waals surface area contributed by atoms with Crippen molar-refractivity contribution in [2.24, 2.45) is 10.9 Å². The van der Waals surface area contributed by atoms with Crippen LogP contribution in [0, 0.1) is 18.4 Å². The fourth-order valence-corrected chi connectivity index (χ4v) is 4.12. The van der Waals surface area contributed by atoms with E-state index >= 15 is 0 Å². The molecule has 1 aliphatic rings. The van der Waals surface area contributed by atoms with Crippen LogP contribution in [0.4, 0.5) is 10.1 Å². The lowest BCUT2D eigenvalue weighted by Crippen LogP contribution is -2.38. The van der Waals surface area contributed by atoms with Crippen LogP contribution in [0.15, 0.2) is 41.5 Å². The zero-order valence-corrected chi connectivity index (χ0v) is 20.1. The molecule has 1 fully saturated rings. The monoisotopic (exact) mass is 482 g/mol. The number of amides is 1. The number of aliphatic imine (C=N–C) groups is 1. The lowest BCUT2D eigenvalue weighted by Gasteiger charge is -2.32. The Bertz CT molecular complexity index is 1020. The largest absolute Gasteiger partial charge is 0.496 e. The summed E-state index contributed by atoms with van der Waals surface area (Å²) >= 11 is 0. The number of hydrogen-bond donors (Lipinski definition) is 2. The van der Waals surface area contributed by atoms with Gasteiger partial charge in [-0.15, -0.1) is 0 Å². The van der Waals surface area contributed by atoms with Crippen molar-refractivity contribution >= 4 is 17.6 Å². The summed E-state index contributed by atoms with van der Waals surface area (Å²) in [5, 5.41) is 2.93. The first kappa shape index (κ1) is 25.7. The van der Waals surface area contributed by atoms with Gasteiger partial charge in [-0.3, -0.25) is 4.79 Å². The summed E-state index contributed by atoms with van der Waals surface area (Å²) < 4.78 is 23.7. The molecule has 0 saturated carbocycles. The van der Waals surface area contributed by atoms with Crippen LogP contribution in [-0.4, -0.2) is 55.6 Å². The Morgan fingerprint density at radius 2 is 1.91 bits per heavy atom. The number of likely N-dealkylation sites (tertiary alicyclic amines) is 1. The number of benzene rings is 1. The van der Waals surface area contributed by atoms with E-state index in [9.17, 15) is 9.18 Å². The van der Waals surface area contributed by atoms with Crippen molar-refractivity contribution in [3.8, 4) is 11.5 Å². The summed E-state index contributed by atoms with van der Waals surface area (Å²) in [6.45, 7) is 8.98. The molecule has 2 heterocycles. The molecule has 0 unspecified atom stereocenters. The van der Waals surface area contributed by atoms with Crippen LogP contribution in [-0.2, 0) is 0 Å². The van der Waals surface area contributed by atoms with E-state index in [4.69, 9.17) is 16.0 Å². The number of unbranched alkanes of at least 4 members (excludes halogenated alkanes) is 1. The number of piperidine rings is 1. The van der Waals surface area contributed by atoms with Crippen LogP contribution in [0.5, 0.6) is 11.5 Å². The topological polar surface area (TPSA) is 92.4 Å². The lowest BCUT2D eigenvalue weighted by atomic mass is 9.91. The highest BCUT2D eigenvalue weighted by Crippen LogP contribution is 2.31. The number of anilines is 1. The molecule has 3 rings (SSSR count). The number of hydrogen-bond acceptors (Lipinski definition) is 5. The minimum Gasteiger partial charge on any atom is -0.496 e. The number of ether oxygens (including phenoxy) is 2. The Labute approximate surface area is 205 Å². The van der Waals surface area contributed by atoms with Crippen molar-refractivity contribution in [1.29, 1.82) is 0 Å². The van der Waals surface area contributed by atoms with E-state index in [0.717, 1.165) is 32.1 Å². The van der Waals surface area contributed by atoms with Gasteiger partial charge in [0, 0.05) is 19.6 Å². The van der Waals surface area contributed by atoms with E-state index in [1.165, 1.54) is 18.3 Å². The number of carbonyl (C=O) groups is 1. The van der Waals surface area contributed by atoms with Crippen LogP contribution in [0.2, 0.25) is 0 Å². The van der Waals surface area contributed by atoms with Gasteiger partial charge >= 0.3 is 0 Å². The van der Waals surface area contributed by atoms with Gasteiger partial charge in [-0.1, -0.05) is 24.3 Å². The van der Waals surface area contributed by atoms with E-state index in [-0.39, 0.29) is 5.91 Å². The minimum absolute atomic E-state index is 0.0595. The highest BCUT2D eigenvalue weighted by Gasteiger charge is 2.27. The molecule has 0 bridgehead atoms. The molecule has 1 saturated heterocycles. The number of guanidine groups is 1. The third-order valence-corrected chi connectivity index (χ3v) is 5.99. The van der Waals surface area contributed by atoms with E-state index in [1.807, 2.05) is 11.0 Å². The predicted octanol–water partition coefficient (Wildman–Crippen LogP) is 4.15. The first-order valence-corrected chi connectivity index (χ1v) is 11.6. The van der Waals surface area contributed by atoms with Gasteiger partial charge in [-0.05, 0) is 49.4 Å². The lowest BCUT2D eigenvalue weighted by molar-refractivity contribution is 0.0679. The number of carbonyl (C=O) groups excluding carboxylic acids is 1. The number of nitrogens with zero attached hydrogens (tertiary/aromatic N) is 4. The molecule has 0 aliphatic carbocycles. The standard InChI is InChI=1S/C25H31FN6O3/c1-27-31-25(30-19-10-11-22(26)29-17-19)28-14-5-4-7-18-12-15-32(16-13-18)24(33)23-20(34-2)8-6-9-21(23)35-3/h6,8-11,17-18H,4-5,7,12-16H2,2-3H3,(H2,28,30,31). The van der Waals surface area contributed by atoms with Gasteiger partial charge in [-0.2, -0.15) is 15.9 Å². The van der Waals surface area contributed by atoms with Crippen LogP contribution >= 0.6 is 0 Å². The van der Waals surface area contributed by atoms with Gasteiger partial charge in [0.2, 0.25) is 5.95 Å². The molecule has 186 valence electrons. The average Bonchev–Trinajstić information content (AvgIpc) is 2.89. The van der Waals surface area contributed by atoms with Crippen molar-refractivity contribution in [2.75, 3.05) is 39.2 Å². The summed E-state index contributed by atoms with van der Waals surface area (Å²) in [5.41, 5.74) is 3.51. The minimum atomic E-state index is -0.568. The second-order valence-electron chi connectivity index (χ2n) is 8.22. The highest BCUT2D eigenvalue weighted by atomic mass is 19.1. The number of nitrogens with one attached hydrogen (secondary N) is 2. The quantitative estimate of drug-likeness (QED) is 0.139. The van der Waals surface area contributed by atoms with Crippen molar-refractivity contribution in [3.63, 3.8) is 0 Å². The van der Waals surface area contributed by atoms with Crippen molar-refractivity contribution < 1.29 is 18.7 Å². The molecule has 35 heavy (non-hydrogen) atoms. The van der Waals surface area contributed by atoms with Crippen LogP contribution in [0.25, 0.3) is 4.95 Å². The normalized spacial score (nSPS) is 14.2. The Morgan fingerprint density at radius 3 is 2.51 bits per heavy atom. The third-order valence-electron chi connectivity index (χ3n) is 5.99. The smallest absolute Gasteiger partial charge is 0.266 e. The Balaban J connectivity index is 1.42. The number of halogens is 1. The second kappa shape index (κ2) is 13.1. The van der Waals surface area contributed by atoms with Gasteiger partial charge in [0.15, 0.2) is 0 Å². The van der Waals surface area contributed by atoms with Crippen LogP contribution < -0.4 is 20.2 Å². The first-order valence-electron chi connectivity index (χ1n) is 11.6. The van der Waals surface area contributed by atoms with Gasteiger partial charge < -0.3 is 19.7 Å². The third kappa shape index (κ3) is 7.30. The molecule has 0 atom stereocenters. The fourth-order valence-electron chi connectivity index (χ4n) is 4.12. The SMILES string of the molecule is [C-]#[N+]NC(=NCCCCC1CCN(C(=O)c2c(OC)cccc2OC)CC1)Nc1ccc(F)nc1. The fraction of sp³-hybridized carbons (Fsp3) is 0.440. The van der Waals surface area contributed by atoms with Gasteiger partial charge in [0.1, 0.15) is 17.1 Å². The molecular formula is C25H31FN6O3. The summed E-state index contributed by atoms with van der Waals surface area (Å²) in [6.07, 6.45) is 6.20. The van der Waals surface area contributed by atoms with E-state index in [2.05, 4.69) is 25.7 Å². The Kier molecular flexibility index (Phi) is 9.66. The molecule has 0 spiro atoms. The van der Waals surface area contributed by atoms with Gasteiger partial charge in [0.25, 0.3) is 11.9 Å². The molecule has 2 N–H and O–H groups in total. The average molecular weight is 483 g/mol. The maximum atomic E-state index is 13.1. The second-order valence-corrected chi connectivity index (χ2v) is 8.22. The molecule has 10 heteroatoms. The molecule has 1 aromatic heterocycles. The first-order chi connectivity index (χ1) is 17.0. The predicted molar refractivity (Wildman–Crippen MR) is 132 cm³/mol. The Morgan fingerprint density at radius 1 is 1.20 bits per heavy atom. The highest BCUT2D eigenvalue weighted by molar-refractivity contribution is 5.99. The van der Waals surface area contributed by atoms with Crippen LogP contribution in [0.3, 0.4) is 0 Å². The molecule has 9 nitrogen and oxygen atoms in total. The zero-order chi connectivity index (χ0) is 25.0. The van der Waals surface area contributed by atoms with Crippen molar-refractivity contribution in [3.05, 3.63) is 59.6 Å². The summed E-state index contributed by atoms with van der Waals surface area (Å²) in [7, 11) is 3.11. The number of aromatic nitrogens is 1. The number of rotatable bonds is 9. The van der Waals surface area contributed by atoms with Gasteiger partial charge in [0.05, 0.1) is 26.1 Å². The van der Waals surface area contributed by atoms with Gasteiger partial charge in [-0.25, -0.2) is 9.98 Å². The molecule has 0 radical (unpaired) electrons. The molecule has 2 aromatic rings. The van der Waals surface area contributed by atoms with E-state index < -0.39 is 5.95 Å². The molecular weight excluding hydrogens is 451 g/mol. The molecule has 1 aromatic carbocycles. The molecule has 1 aliphatic heterocycles. The summed E-state index contributed by atoms with van der Waals surface area (Å²) in [4.78, 5) is 26.1. The number of methoxy groups -OCH3 is 2. The van der Waals surface area contributed by atoms with Crippen LogP contribution in [0.1, 0.15) is 42.5 Å². The van der Waals surface area contributed by atoms with E-state index in [0.29, 0.717) is 54.3 Å². The summed E-state index contributed by atoms with van der Waals surface area (Å²) in [6, 6.07) is 8.13. The van der Waals surface area contributed by atoms with Crippen molar-refractivity contribution in [1.82, 2.24) is 15.3 Å². The maximum absolute atomic E-state index is 13.1. The number of pyridine rings is 1. The maximum Gasteiger partial charge on any atom is 0.266 e.